The smallest absolute Gasteiger partial charge is 0.271 e. The summed E-state index contributed by atoms with van der Waals surface area (Å²) < 4.78 is 37.8. The van der Waals surface area contributed by atoms with Gasteiger partial charge in [-0.3, -0.25) is 20.4 Å². The van der Waals surface area contributed by atoms with Crippen LogP contribution in [-0.2, 0) is 14.8 Å². The highest BCUT2D eigenvalue weighted by molar-refractivity contribution is 7.89. The first-order valence-corrected chi connectivity index (χ1v) is 10.9. The molecule has 3 N–H and O–H groups in total. The van der Waals surface area contributed by atoms with Crippen LogP contribution in [0, 0.1) is 0 Å². The minimum absolute atomic E-state index is 0.0175. The largest absolute Gasteiger partial charge is 0.486 e. The van der Waals surface area contributed by atoms with Crippen molar-refractivity contribution >= 4 is 45.0 Å². The number of sulfonamides is 1. The highest BCUT2D eigenvalue weighted by Gasteiger charge is 2.19. The summed E-state index contributed by atoms with van der Waals surface area (Å²) in [5.41, 5.74) is 4.46. The van der Waals surface area contributed by atoms with Crippen LogP contribution >= 0.6 is 23.2 Å². The Morgan fingerprint density at radius 2 is 1.70 bits per heavy atom. The highest BCUT2D eigenvalue weighted by Crippen LogP contribution is 2.32. The molecule has 0 aliphatic carbocycles. The molecule has 0 bridgehead atoms. The molecule has 0 atom stereocenters. The van der Waals surface area contributed by atoms with Gasteiger partial charge in [-0.2, -0.15) is 0 Å². The summed E-state index contributed by atoms with van der Waals surface area (Å²) in [5, 5.41) is 0.475. The van der Waals surface area contributed by atoms with E-state index in [1.807, 2.05) is 0 Å². The van der Waals surface area contributed by atoms with Gasteiger partial charge in [0, 0.05) is 24.1 Å². The lowest BCUT2D eigenvalue weighted by atomic mass is 10.2. The first-order chi connectivity index (χ1) is 14.3. The molecule has 0 aromatic heterocycles. The molecule has 12 heteroatoms. The minimum Gasteiger partial charge on any atom is -0.486 e. The third-order valence-electron chi connectivity index (χ3n) is 3.96. The van der Waals surface area contributed by atoms with Crippen LogP contribution in [0.25, 0.3) is 0 Å². The molecule has 3 rings (SSSR count). The predicted molar refractivity (Wildman–Crippen MR) is 109 cm³/mol. The van der Waals surface area contributed by atoms with Gasteiger partial charge in [-0.15, -0.1) is 0 Å². The van der Waals surface area contributed by atoms with Crippen LogP contribution in [0.3, 0.4) is 0 Å². The van der Waals surface area contributed by atoms with E-state index in [1.54, 1.807) is 0 Å². The summed E-state index contributed by atoms with van der Waals surface area (Å²) in [7, 11) is -3.86. The molecule has 0 saturated carbocycles. The van der Waals surface area contributed by atoms with E-state index in [2.05, 4.69) is 15.6 Å². The van der Waals surface area contributed by atoms with Crippen LogP contribution in [0.1, 0.15) is 16.8 Å². The standard InChI is InChI=1S/C18H17Cl2N3O6S/c19-11-1-3-14(20)13(9-11)18(25)23-22-17(24)5-6-21-30(26,27)12-2-4-15-16(10-12)29-8-7-28-15/h1-4,9-10,21H,5-8H2,(H,22,24)(H,23,25). The van der Waals surface area contributed by atoms with E-state index < -0.39 is 21.8 Å². The number of hydrazine groups is 1. The van der Waals surface area contributed by atoms with E-state index in [0.29, 0.717) is 29.7 Å². The Morgan fingerprint density at radius 1 is 0.967 bits per heavy atom. The molecule has 2 aromatic carbocycles. The van der Waals surface area contributed by atoms with Gasteiger partial charge in [0.15, 0.2) is 11.5 Å². The number of halogens is 2. The summed E-state index contributed by atoms with van der Waals surface area (Å²) in [6.45, 7) is 0.541. The van der Waals surface area contributed by atoms with Crippen LogP contribution < -0.4 is 25.0 Å². The van der Waals surface area contributed by atoms with Crippen molar-refractivity contribution in [2.75, 3.05) is 19.8 Å². The quantitative estimate of drug-likeness (QED) is 0.550. The number of fused-ring (bicyclic) bond motifs is 1. The molecule has 1 aliphatic rings. The number of carbonyl (C=O) groups excluding carboxylic acids is 2. The molecule has 1 aliphatic heterocycles. The van der Waals surface area contributed by atoms with Crippen LogP contribution in [0.4, 0.5) is 0 Å². The molecule has 2 aromatic rings. The average molecular weight is 474 g/mol. The zero-order valence-electron chi connectivity index (χ0n) is 15.4. The molecular weight excluding hydrogens is 457 g/mol. The summed E-state index contributed by atoms with van der Waals surface area (Å²) in [6, 6.07) is 8.57. The lowest BCUT2D eigenvalue weighted by Crippen LogP contribution is -2.42. The van der Waals surface area contributed by atoms with Gasteiger partial charge < -0.3 is 9.47 Å². The lowest BCUT2D eigenvalue weighted by molar-refractivity contribution is -0.121. The number of hydrogen-bond acceptors (Lipinski definition) is 6. The zero-order valence-corrected chi connectivity index (χ0v) is 17.7. The van der Waals surface area contributed by atoms with Gasteiger partial charge in [-0.25, -0.2) is 13.1 Å². The van der Waals surface area contributed by atoms with Gasteiger partial charge in [-0.05, 0) is 30.3 Å². The van der Waals surface area contributed by atoms with E-state index >= 15 is 0 Å². The molecule has 0 unspecified atom stereocenters. The summed E-state index contributed by atoms with van der Waals surface area (Å²) >= 11 is 11.7. The summed E-state index contributed by atoms with van der Waals surface area (Å²) in [6.07, 6.45) is -0.215. The van der Waals surface area contributed by atoms with Crippen LogP contribution in [0.2, 0.25) is 10.0 Å². The molecule has 2 amide bonds. The van der Waals surface area contributed by atoms with Crippen molar-refractivity contribution < 1.29 is 27.5 Å². The highest BCUT2D eigenvalue weighted by atomic mass is 35.5. The molecule has 1 heterocycles. The van der Waals surface area contributed by atoms with Gasteiger partial charge in [0.05, 0.1) is 15.5 Å². The van der Waals surface area contributed by atoms with Gasteiger partial charge in [0.25, 0.3) is 5.91 Å². The van der Waals surface area contributed by atoms with Crippen LogP contribution in [0.5, 0.6) is 11.5 Å². The molecule has 0 saturated heterocycles. The van der Waals surface area contributed by atoms with E-state index in [4.69, 9.17) is 32.7 Å². The average Bonchev–Trinajstić information content (AvgIpc) is 2.73. The molecule has 30 heavy (non-hydrogen) atoms. The summed E-state index contributed by atoms with van der Waals surface area (Å²) in [4.78, 5) is 23.9. The number of rotatable bonds is 6. The van der Waals surface area contributed by atoms with E-state index in [1.165, 1.54) is 36.4 Å². The Kier molecular flexibility index (Phi) is 7.03. The third kappa shape index (κ3) is 5.54. The van der Waals surface area contributed by atoms with Crippen molar-refractivity contribution in [1.29, 1.82) is 0 Å². The first kappa shape index (κ1) is 22.2. The van der Waals surface area contributed by atoms with E-state index in [0.717, 1.165) is 0 Å². The molecule has 0 spiro atoms. The Balaban J connectivity index is 1.49. The second-order valence-electron chi connectivity index (χ2n) is 6.08. The van der Waals surface area contributed by atoms with Gasteiger partial charge in [0.2, 0.25) is 15.9 Å². The van der Waals surface area contributed by atoms with Crippen molar-refractivity contribution in [1.82, 2.24) is 15.6 Å². The van der Waals surface area contributed by atoms with Gasteiger partial charge in [-0.1, -0.05) is 23.2 Å². The van der Waals surface area contributed by atoms with Crippen LogP contribution in [0.15, 0.2) is 41.3 Å². The fraction of sp³-hybridized carbons (Fsp3) is 0.222. The normalized spacial score (nSPS) is 12.9. The maximum absolute atomic E-state index is 12.4. The maximum Gasteiger partial charge on any atom is 0.271 e. The second kappa shape index (κ2) is 9.52. The van der Waals surface area contributed by atoms with Crippen molar-refractivity contribution in [3.8, 4) is 11.5 Å². The van der Waals surface area contributed by atoms with Gasteiger partial charge in [0.1, 0.15) is 13.2 Å². The van der Waals surface area contributed by atoms with Crippen molar-refractivity contribution in [3.05, 3.63) is 52.0 Å². The number of benzene rings is 2. The van der Waals surface area contributed by atoms with Crippen molar-refractivity contribution in [3.63, 3.8) is 0 Å². The molecule has 9 nitrogen and oxygen atoms in total. The Bertz CT molecular complexity index is 1080. The Hall–Kier alpha value is -2.53. The fourth-order valence-corrected chi connectivity index (χ4v) is 3.92. The molecular formula is C18H17Cl2N3O6S. The second-order valence-corrected chi connectivity index (χ2v) is 8.69. The monoisotopic (exact) mass is 473 g/mol. The minimum atomic E-state index is -3.86. The topological polar surface area (TPSA) is 123 Å². The SMILES string of the molecule is O=C(CCNS(=O)(=O)c1ccc2c(c1)OCCO2)NNC(=O)c1cc(Cl)ccc1Cl. The van der Waals surface area contributed by atoms with Crippen molar-refractivity contribution in [2.45, 2.75) is 11.3 Å². The summed E-state index contributed by atoms with van der Waals surface area (Å²) in [5.74, 6) is -0.460. The number of nitrogens with one attached hydrogen (secondary N) is 3. The lowest BCUT2D eigenvalue weighted by Gasteiger charge is -2.18. The Labute approximate surface area is 182 Å². The number of hydrogen-bond donors (Lipinski definition) is 3. The van der Waals surface area contributed by atoms with Crippen LogP contribution in [-0.4, -0.2) is 40.0 Å². The molecule has 160 valence electrons. The van der Waals surface area contributed by atoms with E-state index in [9.17, 15) is 18.0 Å². The molecule has 0 radical (unpaired) electrons. The Morgan fingerprint density at radius 3 is 2.47 bits per heavy atom. The third-order valence-corrected chi connectivity index (χ3v) is 5.98. The fourth-order valence-electron chi connectivity index (χ4n) is 2.50. The number of amides is 2. The number of carbonyl (C=O) groups is 2. The maximum atomic E-state index is 12.4. The number of ether oxygens (including phenoxy) is 2. The molecule has 0 fully saturated rings. The van der Waals surface area contributed by atoms with Gasteiger partial charge >= 0.3 is 0 Å². The first-order valence-electron chi connectivity index (χ1n) is 8.70. The van der Waals surface area contributed by atoms with Crippen molar-refractivity contribution in [2.24, 2.45) is 0 Å². The van der Waals surface area contributed by atoms with E-state index in [-0.39, 0.29) is 28.4 Å². The zero-order chi connectivity index (χ0) is 21.7. The predicted octanol–water partition coefficient (Wildman–Crippen LogP) is 1.89.